The van der Waals surface area contributed by atoms with Crippen LogP contribution >= 0.6 is 0 Å². The van der Waals surface area contributed by atoms with Gasteiger partial charge in [0.2, 0.25) is 0 Å². The average molecular weight is 161 g/mol. The minimum Gasteiger partial charge on any atom is -0.232 e. The highest BCUT2D eigenvalue weighted by atomic mass is 32.2. The van der Waals surface area contributed by atoms with E-state index in [1.165, 1.54) is 0 Å². The summed E-state index contributed by atoms with van der Waals surface area (Å²) in [5, 5.41) is 8.11. The van der Waals surface area contributed by atoms with Crippen molar-refractivity contribution in [3.63, 3.8) is 0 Å². The van der Waals surface area contributed by atoms with Gasteiger partial charge >= 0.3 is 0 Å². The van der Waals surface area contributed by atoms with Crippen molar-refractivity contribution in [2.45, 2.75) is 25.7 Å². The van der Waals surface area contributed by atoms with Gasteiger partial charge in [0.05, 0.1) is 6.07 Å². The van der Waals surface area contributed by atoms with Gasteiger partial charge in [-0.3, -0.25) is 0 Å². The molecule has 0 aliphatic rings. The minimum absolute atomic E-state index is 0.265. The van der Waals surface area contributed by atoms with E-state index in [9.17, 15) is 8.42 Å². The highest BCUT2D eigenvalue weighted by Crippen LogP contribution is 1.97. The number of nitriles is 1. The third kappa shape index (κ3) is 7.44. The molecule has 58 valence electrons. The molecular weight excluding hydrogens is 150 g/mol. The van der Waals surface area contributed by atoms with E-state index in [4.69, 9.17) is 5.26 Å². The summed E-state index contributed by atoms with van der Waals surface area (Å²) in [4.78, 5) is 0. The van der Waals surface area contributed by atoms with Crippen molar-refractivity contribution in [1.29, 1.82) is 5.26 Å². The first-order valence-electron chi connectivity index (χ1n) is 3.26. The monoisotopic (exact) mass is 161 g/mol. The molecule has 0 heterocycles. The molecule has 0 bridgehead atoms. The summed E-state index contributed by atoms with van der Waals surface area (Å²) in [5.41, 5.74) is 0. The summed E-state index contributed by atoms with van der Waals surface area (Å²) >= 11 is 0. The maximum atomic E-state index is 10.0. The van der Waals surface area contributed by atoms with Crippen molar-refractivity contribution in [3.8, 4) is 6.07 Å². The van der Waals surface area contributed by atoms with Crippen LogP contribution in [0.15, 0.2) is 0 Å². The van der Waals surface area contributed by atoms with Crippen LogP contribution in [-0.2, 0) is 10.7 Å². The van der Waals surface area contributed by atoms with Crippen LogP contribution in [0, 0.1) is 11.3 Å². The van der Waals surface area contributed by atoms with Crippen molar-refractivity contribution >= 4 is 10.7 Å². The average Bonchev–Trinajstić information content (AvgIpc) is 1.87. The van der Waals surface area contributed by atoms with Gasteiger partial charge in [-0.25, -0.2) is 8.42 Å². The van der Waals surface area contributed by atoms with Crippen molar-refractivity contribution in [3.05, 3.63) is 0 Å². The molecule has 3 nitrogen and oxygen atoms in total. The van der Waals surface area contributed by atoms with E-state index in [0.717, 1.165) is 12.8 Å². The Morgan fingerprint density at radius 2 is 1.90 bits per heavy atom. The Balaban J connectivity index is 3.00. The molecule has 0 saturated heterocycles. The van der Waals surface area contributed by atoms with Crippen molar-refractivity contribution in [1.82, 2.24) is 0 Å². The molecule has 0 unspecified atom stereocenters. The van der Waals surface area contributed by atoms with Crippen LogP contribution in [-0.4, -0.2) is 14.2 Å². The number of thiol groups is 1. The van der Waals surface area contributed by atoms with E-state index in [-0.39, 0.29) is 5.75 Å². The maximum absolute atomic E-state index is 10.0. The Bertz CT molecular complexity index is 173. The van der Waals surface area contributed by atoms with Gasteiger partial charge in [-0.1, -0.05) is 6.42 Å². The van der Waals surface area contributed by atoms with Gasteiger partial charge in [-0.15, -0.1) is 0 Å². The molecule has 0 aromatic heterocycles. The molecule has 0 fully saturated rings. The molecule has 0 aromatic carbocycles. The molecule has 0 aromatic rings. The molecule has 0 saturated carbocycles. The molecule has 0 aliphatic carbocycles. The second kappa shape index (κ2) is 6.56. The molecule has 0 radical (unpaired) electrons. The second-order valence-corrected chi connectivity index (χ2v) is 3.14. The molecular formula is C6H11NO2S. The molecule has 0 spiro atoms. The Hall–Kier alpha value is -0.560. The lowest BCUT2D eigenvalue weighted by atomic mass is 10.2. The number of unbranched alkanes of at least 4 members (excludes halogenated alkanes) is 3. The van der Waals surface area contributed by atoms with E-state index < -0.39 is 10.7 Å². The predicted octanol–water partition coefficient (Wildman–Crippen LogP) is 0.682. The quantitative estimate of drug-likeness (QED) is 0.476. The SMILES string of the molecule is N#CCCCCC[SH](=O)=O. The summed E-state index contributed by atoms with van der Waals surface area (Å²) in [6, 6.07) is 2.00. The van der Waals surface area contributed by atoms with Crippen LogP contribution in [0.1, 0.15) is 25.7 Å². The predicted molar refractivity (Wildman–Crippen MR) is 39.3 cm³/mol. The lowest BCUT2D eigenvalue weighted by Gasteiger charge is -1.89. The van der Waals surface area contributed by atoms with E-state index >= 15 is 0 Å². The van der Waals surface area contributed by atoms with E-state index in [1.54, 1.807) is 0 Å². The lowest BCUT2D eigenvalue weighted by Crippen LogP contribution is -1.86. The van der Waals surface area contributed by atoms with Gasteiger partial charge in [0.15, 0.2) is 0 Å². The van der Waals surface area contributed by atoms with Crippen molar-refractivity contribution in [2.75, 3.05) is 5.75 Å². The fourth-order valence-corrected chi connectivity index (χ4v) is 1.10. The van der Waals surface area contributed by atoms with Crippen molar-refractivity contribution in [2.24, 2.45) is 0 Å². The standard InChI is InChI=1S/C6H11NO2S/c7-5-3-1-2-4-6-10(8)9/h10H,1-4,6H2. The van der Waals surface area contributed by atoms with Crippen LogP contribution in [0.4, 0.5) is 0 Å². The molecule has 4 heteroatoms. The normalized spacial score (nSPS) is 9.60. The Kier molecular flexibility index (Phi) is 6.19. The summed E-state index contributed by atoms with van der Waals surface area (Å²) in [6.45, 7) is 0. The topological polar surface area (TPSA) is 57.9 Å². The van der Waals surface area contributed by atoms with Gasteiger partial charge in [0.25, 0.3) is 0 Å². The lowest BCUT2D eigenvalue weighted by molar-refractivity contribution is 0.608. The smallest absolute Gasteiger partial charge is 0.140 e. The summed E-state index contributed by atoms with van der Waals surface area (Å²) in [5.74, 6) is 0.265. The first kappa shape index (κ1) is 9.44. The van der Waals surface area contributed by atoms with Gasteiger partial charge in [0.1, 0.15) is 10.7 Å². The van der Waals surface area contributed by atoms with Gasteiger partial charge < -0.3 is 0 Å². The summed E-state index contributed by atoms with van der Waals surface area (Å²) in [7, 11) is -2.20. The number of hydrogen-bond donors (Lipinski definition) is 1. The Labute approximate surface area is 62.6 Å². The van der Waals surface area contributed by atoms with Crippen LogP contribution < -0.4 is 0 Å². The summed E-state index contributed by atoms with van der Waals surface area (Å²) in [6.07, 6.45) is 2.90. The van der Waals surface area contributed by atoms with Crippen LogP contribution in [0.25, 0.3) is 0 Å². The van der Waals surface area contributed by atoms with Gasteiger partial charge in [-0.2, -0.15) is 5.26 Å². The largest absolute Gasteiger partial charge is 0.232 e. The van der Waals surface area contributed by atoms with Crippen LogP contribution in [0.3, 0.4) is 0 Å². The zero-order chi connectivity index (χ0) is 7.82. The van der Waals surface area contributed by atoms with Gasteiger partial charge in [0, 0.05) is 12.2 Å². The summed E-state index contributed by atoms with van der Waals surface area (Å²) < 4.78 is 20.0. The minimum atomic E-state index is -2.20. The molecule has 0 amide bonds. The zero-order valence-corrected chi connectivity index (χ0v) is 6.64. The molecule has 0 atom stereocenters. The maximum Gasteiger partial charge on any atom is 0.140 e. The van der Waals surface area contributed by atoms with E-state index in [0.29, 0.717) is 12.8 Å². The second-order valence-electron chi connectivity index (χ2n) is 2.03. The number of rotatable bonds is 5. The Morgan fingerprint density at radius 3 is 2.40 bits per heavy atom. The fourth-order valence-electron chi connectivity index (χ4n) is 0.622. The fraction of sp³-hybridized carbons (Fsp3) is 0.833. The molecule has 0 aliphatic heterocycles. The Morgan fingerprint density at radius 1 is 1.20 bits per heavy atom. The van der Waals surface area contributed by atoms with Crippen molar-refractivity contribution < 1.29 is 8.42 Å². The van der Waals surface area contributed by atoms with Crippen LogP contribution in [0.2, 0.25) is 0 Å². The third-order valence-electron chi connectivity index (χ3n) is 1.13. The highest BCUT2D eigenvalue weighted by molar-refractivity contribution is 7.72. The number of nitrogens with zero attached hydrogens (tertiary/aromatic N) is 1. The first-order valence-corrected chi connectivity index (χ1v) is 4.62. The number of hydrogen-bond acceptors (Lipinski definition) is 3. The molecule has 10 heavy (non-hydrogen) atoms. The third-order valence-corrected chi connectivity index (χ3v) is 1.81. The van der Waals surface area contributed by atoms with E-state index in [1.807, 2.05) is 6.07 Å². The molecule has 0 N–H and O–H groups in total. The molecule has 0 rings (SSSR count). The van der Waals surface area contributed by atoms with E-state index in [2.05, 4.69) is 0 Å². The zero-order valence-electron chi connectivity index (χ0n) is 5.75. The first-order chi connectivity index (χ1) is 4.77. The highest BCUT2D eigenvalue weighted by Gasteiger charge is 1.89. The van der Waals surface area contributed by atoms with Gasteiger partial charge in [-0.05, 0) is 12.8 Å². The van der Waals surface area contributed by atoms with Crippen LogP contribution in [0.5, 0.6) is 0 Å².